The predicted octanol–water partition coefficient (Wildman–Crippen LogP) is 0.687. The van der Waals surface area contributed by atoms with Crippen molar-refractivity contribution in [2.24, 2.45) is 0 Å². The van der Waals surface area contributed by atoms with E-state index in [0.717, 1.165) is 5.56 Å². The number of hydrogen-bond donors (Lipinski definition) is 0. The zero-order chi connectivity index (χ0) is 22.3. The van der Waals surface area contributed by atoms with Gasteiger partial charge < -0.3 is 19.3 Å². The molecule has 170 valence electrons. The second-order valence-electron chi connectivity index (χ2n) is 8.34. The van der Waals surface area contributed by atoms with Crippen LogP contribution in [0.5, 0.6) is 0 Å². The first-order chi connectivity index (χ1) is 14.9. The average molecular weight is 433 g/mol. The Kier molecular flexibility index (Phi) is 7.97. The van der Waals surface area contributed by atoms with Crippen LogP contribution in [0.4, 0.5) is 0 Å². The lowest BCUT2D eigenvalue weighted by atomic mass is 9.89. The highest BCUT2D eigenvalue weighted by molar-refractivity contribution is 5.81. The third-order valence-corrected chi connectivity index (χ3v) is 5.98. The van der Waals surface area contributed by atoms with E-state index in [9.17, 15) is 14.4 Å². The van der Waals surface area contributed by atoms with Crippen molar-refractivity contribution >= 4 is 17.8 Å². The van der Waals surface area contributed by atoms with E-state index >= 15 is 0 Å². The minimum Gasteiger partial charge on any atom is -0.469 e. The molecule has 0 aromatic carbocycles. The SMILES string of the molecule is COC(=O)CCC(=O)N1CCOC2(CCN(C(=O)CN(C)Cc3cccnc3)CC2)C1. The van der Waals surface area contributed by atoms with Gasteiger partial charge in [0.15, 0.2) is 0 Å². The van der Waals surface area contributed by atoms with Crippen LogP contribution < -0.4 is 0 Å². The Labute approximate surface area is 183 Å². The van der Waals surface area contributed by atoms with Crippen LogP contribution >= 0.6 is 0 Å². The molecule has 9 nitrogen and oxygen atoms in total. The number of hydrogen-bond acceptors (Lipinski definition) is 7. The first-order valence-corrected chi connectivity index (χ1v) is 10.7. The van der Waals surface area contributed by atoms with Crippen molar-refractivity contribution in [3.05, 3.63) is 30.1 Å². The number of pyridine rings is 1. The van der Waals surface area contributed by atoms with Gasteiger partial charge in [-0.25, -0.2) is 0 Å². The van der Waals surface area contributed by atoms with Crippen molar-refractivity contribution in [3.63, 3.8) is 0 Å². The standard InChI is InChI=1S/C22H32N4O5/c1-24(15-18-4-3-9-23-14-18)16-20(28)25-10-7-22(8-11-25)17-26(12-13-31-22)19(27)5-6-21(29)30-2/h3-4,9,14H,5-8,10-13,15-17H2,1-2H3. The van der Waals surface area contributed by atoms with Gasteiger partial charge in [0, 0.05) is 51.5 Å². The number of amides is 2. The minimum absolute atomic E-state index is 0.0522. The summed E-state index contributed by atoms with van der Waals surface area (Å²) in [5, 5.41) is 0. The first-order valence-electron chi connectivity index (χ1n) is 10.7. The maximum absolute atomic E-state index is 12.7. The summed E-state index contributed by atoms with van der Waals surface area (Å²) in [6, 6.07) is 3.89. The van der Waals surface area contributed by atoms with Crippen molar-refractivity contribution < 1.29 is 23.9 Å². The smallest absolute Gasteiger partial charge is 0.306 e. The van der Waals surface area contributed by atoms with Gasteiger partial charge in [0.2, 0.25) is 11.8 Å². The molecule has 2 aliphatic heterocycles. The molecule has 3 heterocycles. The number of carbonyl (C=O) groups excluding carboxylic acids is 3. The number of aromatic nitrogens is 1. The number of ether oxygens (including phenoxy) is 2. The summed E-state index contributed by atoms with van der Waals surface area (Å²) in [5.74, 6) is -0.330. The number of likely N-dealkylation sites (N-methyl/N-ethyl adjacent to an activating group) is 1. The molecular formula is C22H32N4O5. The number of rotatable bonds is 7. The molecule has 0 radical (unpaired) electrons. The molecule has 2 saturated heterocycles. The third kappa shape index (κ3) is 6.48. The minimum atomic E-state index is -0.405. The normalized spacial score (nSPS) is 18.3. The Morgan fingerprint density at radius 3 is 2.61 bits per heavy atom. The van der Waals surface area contributed by atoms with Crippen LogP contribution in [0.2, 0.25) is 0 Å². The lowest BCUT2D eigenvalue weighted by Gasteiger charge is -2.47. The van der Waals surface area contributed by atoms with E-state index in [1.807, 2.05) is 35.2 Å². The highest BCUT2D eigenvalue weighted by Gasteiger charge is 2.41. The Morgan fingerprint density at radius 1 is 1.16 bits per heavy atom. The van der Waals surface area contributed by atoms with Crippen molar-refractivity contribution in [2.45, 2.75) is 37.8 Å². The molecule has 0 unspecified atom stereocenters. The summed E-state index contributed by atoms with van der Waals surface area (Å²) in [7, 11) is 3.25. The topological polar surface area (TPSA) is 92.3 Å². The summed E-state index contributed by atoms with van der Waals surface area (Å²) in [6.07, 6.45) is 5.19. The molecule has 1 aromatic heterocycles. The van der Waals surface area contributed by atoms with Gasteiger partial charge in [0.25, 0.3) is 0 Å². The van der Waals surface area contributed by atoms with E-state index in [4.69, 9.17) is 4.74 Å². The Balaban J connectivity index is 1.45. The van der Waals surface area contributed by atoms with Gasteiger partial charge in [-0.1, -0.05) is 6.07 Å². The molecule has 1 aromatic rings. The van der Waals surface area contributed by atoms with Crippen LogP contribution in [-0.4, -0.2) is 96.6 Å². The van der Waals surface area contributed by atoms with Gasteiger partial charge in [-0.15, -0.1) is 0 Å². The molecule has 0 atom stereocenters. The highest BCUT2D eigenvalue weighted by atomic mass is 16.5. The monoisotopic (exact) mass is 432 g/mol. The number of carbonyl (C=O) groups is 3. The fraction of sp³-hybridized carbons (Fsp3) is 0.636. The number of likely N-dealkylation sites (tertiary alicyclic amines) is 1. The quantitative estimate of drug-likeness (QED) is 0.585. The average Bonchev–Trinajstić information content (AvgIpc) is 2.78. The van der Waals surface area contributed by atoms with Crippen molar-refractivity contribution in [3.8, 4) is 0 Å². The molecule has 0 bridgehead atoms. The van der Waals surface area contributed by atoms with E-state index in [1.165, 1.54) is 7.11 Å². The Morgan fingerprint density at radius 2 is 1.94 bits per heavy atom. The van der Waals surface area contributed by atoms with Crippen molar-refractivity contribution in [2.75, 3.05) is 53.5 Å². The lowest BCUT2D eigenvalue weighted by molar-refractivity contribution is -0.164. The van der Waals surface area contributed by atoms with Crippen LogP contribution in [0.3, 0.4) is 0 Å². The Hall–Kier alpha value is -2.52. The summed E-state index contributed by atoms with van der Waals surface area (Å²) >= 11 is 0. The molecule has 31 heavy (non-hydrogen) atoms. The summed E-state index contributed by atoms with van der Waals surface area (Å²) in [6.45, 7) is 3.77. The molecule has 0 N–H and O–H groups in total. The predicted molar refractivity (Wildman–Crippen MR) is 113 cm³/mol. The van der Waals surface area contributed by atoms with Crippen LogP contribution in [0.1, 0.15) is 31.2 Å². The fourth-order valence-corrected chi connectivity index (χ4v) is 4.18. The second-order valence-corrected chi connectivity index (χ2v) is 8.34. The molecule has 2 amide bonds. The molecule has 2 aliphatic rings. The van der Waals surface area contributed by atoms with Crippen LogP contribution in [0, 0.1) is 0 Å². The number of piperidine rings is 1. The van der Waals surface area contributed by atoms with E-state index in [0.29, 0.717) is 58.7 Å². The van der Waals surface area contributed by atoms with Crippen LogP contribution in [0.15, 0.2) is 24.5 Å². The highest BCUT2D eigenvalue weighted by Crippen LogP contribution is 2.30. The lowest BCUT2D eigenvalue weighted by Crippen LogP contribution is -2.59. The van der Waals surface area contributed by atoms with Crippen LogP contribution in [0.25, 0.3) is 0 Å². The molecule has 1 spiro atoms. The van der Waals surface area contributed by atoms with E-state index < -0.39 is 5.60 Å². The van der Waals surface area contributed by atoms with Gasteiger partial charge in [0.1, 0.15) is 0 Å². The molecule has 0 saturated carbocycles. The number of morpholine rings is 1. The molecule has 0 aliphatic carbocycles. The van der Waals surface area contributed by atoms with Gasteiger partial charge in [-0.3, -0.25) is 24.3 Å². The fourth-order valence-electron chi connectivity index (χ4n) is 4.18. The van der Waals surface area contributed by atoms with Gasteiger partial charge in [0.05, 0.1) is 32.3 Å². The summed E-state index contributed by atoms with van der Waals surface area (Å²) in [5.41, 5.74) is 0.667. The molecular weight excluding hydrogens is 400 g/mol. The van der Waals surface area contributed by atoms with Crippen LogP contribution in [-0.2, 0) is 30.4 Å². The molecule has 3 rings (SSSR count). The molecule has 9 heteroatoms. The maximum atomic E-state index is 12.7. The zero-order valence-corrected chi connectivity index (χ0v) is 18.4. The summed E-state index contributed by atoms with van der Waals surface area (Å²) in [4.78, 5) is 46.3. The van der Waals surface area contributed by atoms with Gasteiger partial charge in [-0.2, -0.15) is 0 Å². The first kappa shape index (κ1) is 23.1. The third-order valence-electron chi connectivity index (χ3n) is 5.98. The number of nitrogens with zero attached hydrogens (tertiary/aromatic N) is 4. The summed E-state index contributed by atoms with van der Waals surface area (Å²) < 4.78 is 10.7. The Bertz CT molecular complexity index is 764. The largest absolute Gasteiger partial charge is 0.469 e. The van der Waals surface area contributed by atoms with E-state index in [1.54, 1.807) is 11.1 Å². The second kappa shape index (κ2) is 10.7. The number of esters is 1. The van der Waals surface area contributed by atoms with E-state index in [-0.39, 0.29) is 30.6 Å². The van der Waals surface area contributed by atoms with Gasteiger partial charge in [-0.05, 0) is 31.5 Å². The van der Waals surface area contributed by atoms with Crippen molar-refractivity contribution in [1.29, 1.82) is 0 Å². The maximum Gasteiger partial charge on any atom is 0.306 e. The van der Waals surface area contributed by atoms with Gasteiger partial charge >= 0.3 is 5.97 Å². The van der Waals surface area contributed by atoms with Crippen molar-refractivity contribution in [1.82, 2.24) is 19.7 Å². The van der Waals surface area contributed by atoms with E-state index in [2.05, 4.69) is 9.72 Å². The number of methoxy groups -OCH3 is 1. The molecule has 2 fully saturated rings. The zero-order valence-electron chi connectivity index (χ0n) is 18.4.